The van der Waals surface area contributed by atoms with E-state index in [-0.39, 0.29) is 18.8 Å². The fourth-order valence-corrected chi connectivity index (χ4v) is 7.52. The van der Waals surface area contributed by atoms with Crippen molar-refractivity contribution in [3.05, 3.63) is 23.3 Å². The Morgan fingerprint density at radius 2 is 2.13 bits per heavy atom. The Bertz CT molecular complexity index is 979. The summed E-state index contributed by atoms with van der Waals surface area (Å²) in [6, 6.07) is 4.25. The van der Waals surface area contributed by atoms with Gasteiger partial charge in [-0.05, 0) is 62.6 Å². The van der Waals surface area contributed by atoms with E-state index in [0.29, 0.717) is 18.6 Å². The lowest BCUT2D eigenvalue weighted by Crippen LogP contribution is -2.79. The molecule has 1 aromatic carbocycles. The molecule has 2 saturated carbocycles. The molecule has 3 heterocycles. The van der Waals surface area contributed by atoms with Crippen molar-refractivity contribution in [3.8, 4) is 11.5 Å². The molecule has 0 radical (unpaired) electrons. The quantitative estimate of drug-likeness (QED) is 0.758. The number of fused-ring (bicyclic) bond motifs is 1. The standard InChI is InChI=1S/C24H30N2O5/c1-29-16-5-4-15-10-17-24(28)7-6-22(13-25-18(12-27)31-22)21-23(24,19(15)20(16)30-21)8-9-26(17)11-14-2-3-14/h4-5,13-14,17-18,21,27-28H,2-3,6-12H2,1H3/t17-,18?,21+,22-,23+,24-/m1/s1. The maximum Gasteiger partial charge on any atom is 0.172 e. The molecule has 1 saturated heterocycles. The normalized spacial score (nSPS) is 44.4. The molecule has 0 aromatic heterocycles. The van der Waals surface area contributed by atoms with Crippen molar-refractivity contribution >= 4 is 6.21 Å². The first-order valence-electron chi connectivity index (χ1n) is 11.7. The Kier molecular flexibility index (Phi) is 3.66. The highest BCUT2D eigenvalue weighted by Gasteiger charge is 2.76. The molecule has 6 atom stereocenters. The number of methoxy groups -OCH3 is 1. The van der Waals surface area contributed by atoms with Crippen LogP contribution in [0.2, 0.25) is 0 Å². The molecule has 7 nitrogen and oxygen atoms in total. The van der Waals surface area contributed by atoms with Gasteiger partial charge in [0.25, 0.3) is 0 Å². The van der Waals surface area contributed by atoms with E-state index in [0.717, 1.165) is 43.2 Å². The maximum atomic E-state index is 12.5. The van der Waals surface area contributed by atoms with Gasteiger partial charge in [-0.2, -0.15) is 0 Å². The van der Waals surface area contributed by atoms with Crippen molar-refractivity contribution < 1.29 is 24.4 Å². The molecule has 1 aromatic rings. The first-order valence-corrected chi connectivity index (χ1v) is 11.7. The zero-order valence-electron chi connectivity index (χ0n) is 17.9. The van der Waals surface area contributed by atoms with Crippen LogP contribution in [0.5, 0.6) is 11.5 Å². The van der Waals surface area contributed by atoms with E-state index in [2.05, 4.69) is 16.0 Å². The molecule has 166 valence electrons. The van der Waals surface area contributed by atoms with Crippen LogP contribution in [0.4, 0.5) is 0 Å². The highest BCUT2D eigenvalue weighted by atomic mass is 16.6. The van der Waals surface area contributed by atoms with Crippen LogP contribution < -0.4 is 9.47 Å². The van der Waals surface area contributed by atoms with Gasteiger partial charge < -0.3 is 24.4 Å². The van der Waals surface area contributed by atoms with Crippen molar-refractivity contribution in [2.24, 2.45) is 10.9 Å². The van der Waals surface area contributed by atoms with E-state index in [9.17, 15) is 10.2 Å². The van der Waals surface area contributed by atoms with Gasteiger partial charge in [0.05, 0.1) is 24.7 Å². The molecule has 2 bridgehead atoms. The summed E-state index contributed by atoms with van der Waals surface area (Å²) in [5.41, 5.74) is 0.227. The summed E-state index contributed by atoms with van der Waals surface area (Å²) >= 11 is 0. The lowest BCUT2D eigenvalue weighted by molar-refractivity contribution is -0.232. The second-order valence-electron chi connectivity index (χ2n) is 10.4. The van der Waals surface area contributed by atoms with Crippen LogP contribution >= 0.6 is 0 Å². The molecule has 31 heavy (non-hydrogen) atoms. The van der Waals surface area contributed by atoms with Crippen molar-refractivity contribution in [2.45, 2.75) is 73.5 Å². The van der Waals surface area contributed by atoms with Gasteiger partial charge >= 0.3 is 0 Å². The zero-order chi connectivity index (χ0) is 21.0. The number of rotatable bonds is 4. The van der Waals surface area contributed by atoms with Crippen LogP contribution in [0.25, 0.3) is 0 Å². The summed E-state index contributed by atoms with van der Waals surface area (Å²) in [5, 5.41) is 22.2. The number of benzene rings is 1. The van der Waals surface area contributed by atoms with Crippen molar-refractivity contribution in [3.63, 3.8) is 0 Å². The van der Waals surface area contributed by atoms with Gasteiger partial charge in [0.2, 0.25) is 0 Å². The minimum atomic E-state index is -0.880. The molecule has 2 N–H and O–H groups in total. The van der Waals surface area contributed by atoms with Crippen LogP contribution in [-0.4, -0.2) is 77.7 Å². The molecule has 3 aliphatic heterocycles. The van der Waals surface area contributed by atoms with Crippen molar-refractivity contribution in [2.75, 3.05) is 26.8 Å². The van der Waals surface area contributed by atoms with Gasteiger partial charge in [0.15, 0.2) is 17.7 Å². The number of piperidine rings is 1. The third-order valence-corrected chi connectivity index (χ3v) is 9.03. The molecular weight excluding hydrogens is 396 g/mol. The summed E-state index contributed by atoms with van der Waals surface area (Å²) in [5.74, 6) is 2.27. The molecule has 3 fully saturated rings. The molecule has 6 aliphatic rings. The second-order valence-corrected chi connectivity index (χ2v) is 10.4. The Labute approximate surface area is 182 Å². The minimum Gasteiger partial charge on any atom is -0.493 e. The van der Waals surface area contributed by atoms with E-state index in [1.54, 1.807) is 7.11 Å². The number of aliphatic hydroxyl groups excluding tert-OH is 1. The highest BCUT2D eigenvalue weighted by Crippen LogP contribution is 2.67. The fourth-order valence-electron chi connectivity index (χ4n) is 7.52. The predicted molar refractivity (Wildman–Crippen MR) is 113 cm³/mol. The van der Waals surface area contributed by atoms with Crippen molar-refractivity contribution in [1.82, 2.24) is 4.90 Å². The molecule has 3 aliphatic carbocycles. The summed E-state index contributed by atoms with van der Waals surface area (Å²) in [4.78, 5) is 7.01. The monoisotopic (exact) mass is 426 g/mol. The lowest BCUT2D eigenvalue weighted by Gasteiger charge is -2.65. The molecule has 2 spiro atoms. The van der Waals surface area contributed by atoms with E-state index in [1.165, 1.54) is 18.4 Å². The lowest BCUT2D eigenvalue weighted by atomic mass is 9.46. The smallest absolute Gasteiger partial charge is 0.172 e. The van der Waals surface area contributed by atoms with E-state index < -0.39 is 22.8 Å². The van der Waals surface area contributed by atoms with E-state index >= 15 is 0 Å². The average Bonchev–Trinajstić information content (AvgIpc) is 3.37. The van der Waals surface area contributed by atoms with E-state index in [4.69, 9.17) is 14.2 Å². The summed E-state index contributed by atoms with van der Waals surface area (Å²) in [6.45, 7) is 1.89. The fraction of sp³-hybridized carbons (Fsp3) is 0.708. The number of hydrogen-bond donors (Lipinski definition) is 2. The molecule has 7 rings (SSSR count). The number of nitrogens with zero attached hydrogens (tertiary/aromatic N) is 2. The summed E-state index contributed by atoms with van der Waals surface area (Å²) in [6.07, 6.45) is 6.47. The van der Waals surface area contributed by atoms with Crippen LogP contribution in [-0.2, 0) is 16.6 Å². The van der Waals surface area contributed by atoms with Gasteiger partial charge in [-0.1, -0.05) is 6.07 Å². The van der Waals surface area contributed by atoms with Gasteiger partial charge in [0.1, 0.15) is 11.7 Å². The number of ether oxygens (including phenoxy) is 3. The SMILES string of the molecule is COc1ccc2c3c1O[C@@H]1[C@]34CCN(CC3CC3)[C@H](C2)[C@]4(O)CC[C@@]12C=NC(CO)O2. The second kappa shape index (κ2) is 6.01. The van der Waals surface area contributed by atoms with Crippen LogP contribution in [0, 0.1) is 5.92 Å². The Balaban J connectivity index is 1.42. The third kappa shape index (κ3) is 2.16. The Morgan fingerprint density at radius 3 is 2.87 bits per heavy atom. The Morgan fingerprint density at radius 1 is 1.26 bits per heavy atom. The van der Waals surface area contributed by atoms with Gasteiger partial charge in [-0.3, -0.25) is 9.89 Å². The summed E-state index contributed by atoms with van der Waals surface area (Å²) in [7, 11) is 1.67. The molecular formula is C24H30N2O5. The molecule has 1 unspecified atom stereocenters. The Hall–Kier alpha value is -1.67. The number of aliphatic hydroxyl groups is 2. The van der Waals surface area contributed by atoms with Gasteiger partial charge in [-0.25, -0.2) is 0 Å². The zero-order valence-corrected chi connectivity index (χ0v) is 17.9. The van der Waals surface area contributed by atoms with Crippen LogP contribution in [0.3, 0.4) is 0 Å². The van der Waals surface area contributed by atoms with E-state index in [1.807, 2.05) is 12.3 Å². The largest absolute Gasteiger partial charge is 0.493 e. The van der Waals surface area contributed by atoms with Gasteiger partial charge in [0, 0.05) is 24.4 Å². The molecule has 0 amide bonds. The minimum absolute atomic E-state index is 0.0872. The van der Waals surface area contributed by atoms with Crippen LogP contribution in [0.1, 0.15) is 43.2 Å². The first-order chi connectivity index (χ1) is 15.0. The van der Waals surface area contributed by atoms with Gasteiger partial charge in [-0.15, -0.1) is 0 Å². The average molecular weight is 427 g/mol. The van der Waals surface area contributed by atoms with Crippen molar-refractivity contribution in [1.29, 1.82) is 0 Å². The number of aliphatic imine (C=N–C) groups is 1. The molecule has 7 heteroatoms. The first kappa shape index (κ1) is 18.9. The number of hydrogen-bond acceptors (Lipinski definition) is 7. The summed E-state index contributed by atoms with van der Waals surface area (Å²) < 4.78 is 18.8. The maximum absolute atomic E-state index is 12.5. The third-order valence-electron chi connectivity index (χ3n) is 9.03. The highest BCUT2D eigenvalue weighted by molar-refractivity contribution is 5.76. The predicted octanol–water partition coefficient (Wildman–Crippen LogP) is 1.42. The topological polar surface area (TPSA) is 83.8 Å². The number of likely N-dealkylation sites (tertiary alicyclic amines) is 1. The van der Waals surface area contributed by atoms with Crippen LogP contribution in [0.15, 0.2) is 17.1 Å².